The zero-order valence-corrected chi connectivity index (χ0v) is 11.8. The van der Waals surface area contributed by atoms with Gasteiger partial charge in [-0.05, 0) is 56.5 Å². The molecule has 0 spiro atoms. The molecule has 0 atom stereocenters. The third-order valence-corrected chi connectivity index (χ3v) is 2.91. The van der Waals surface area contributed by atoms with E-state index in [-0.39, 0.29) is 0 Å². The summed E-state index contributed by atoms with van der Waals surface area (Å²) in [5.74, 6) is 1.74. The van der Waals surface area contributed by atoms with Gasteiger partial charge in [0.25, 0.3) is 0 Å². The van der Waals surface area contributed by atoms with Crippen LogP contribution in [-0.4, -0.2) is 27.3 Å². The third-order valence-electron chi connectivity index (χ3n) is 2.91. The molecular weight excluding hydrogens is 226 g/mol. The Balaban J connectivity index is 2.36. The first-order chi connectivity index (χ1) is 8.80. The number of aryl methyl sites for hydroxylation is 1. The molecule has 3 heteroatoms. The molecule has 1 aromatic carbocycles. The van der Waals surface area contributed by atoms with Crippen LogP contribution < -0.4 is 14.8 Å². The topological polar surface area (TPSA) is 30.5 Å². The first kappa shape index (κ1) is 14.8. The molecule has 0 heterocycles. The molecule has 0 saturated heterocycles. The summed E-state index contributed by atoms with van der Waals surface area (Å²) in [6, 6.07) is 6.08. The van der Waals surface area contributed by atoms with Gasteiger partial charge in [0.05, 0.1) is 14.2 Å². The summed E-state index contributed by atoms with van der Waals surface area (Å²) in [5, 5.41) is 3.42. The van der Waals surface area contributed by atoms with E-state index in [1.165, 1.54) is 24.8 Å². The Bertz CT molecular complexity index is 317. The van der Waals surface area contributed by atoms with Crippen molar-refractivity contribution in [2.45, 2.75) is 32.6 Å². The zero-order valence-electron chi connectivity index (χ0n) is 11.8. The standard InChI is InChI=1S/C15H25NO2/c1-4-8-16-9-6-5-7-13-10-14(17-2)12-15(11-13)18-3/h10-12,16H,4-9H2,1-3H3. The van der Waals surface area contributed by atoms with Crippen LogP contribution >= 0.6 is 0 Å². The molecule has 0 fully saturated rings. The van der Waals surface area contributed by atoms with E-state index in [4.69, 9.17) is 9.47 Å². The van der Waals surface area contributed by atoms with Crippen molar-refractivity contribution in [1.82, 2.24) is 5.32 Å². The average Bonchev–Trinajstić information content (AvgIpc) is 2.42. The van der Waals surface area contributed by atoms with Gasteiger partial charge in [0.1, 0.15) is 11.5 Å². The molecular formula is C15H25NO2. The highest BCUT2D eigenvalue weighted by Gasteiger charge is 2.01. The molecule has 0 aliphatic heterocycles. The minimum Gasteiger partial charge on any atom is -0.497 e. The largest absolute Gasteiger partial charge is 0.497 e. The summed E-state index contributed by atoms with van der Waals surface area (Å²) in [5.41, 5.74) is 1.28. The van der Waals surface area contributed by atoms with Crippen LogP contribution in [0.2, 0.25) is 0 Å². The molecule has 18 heavy (non-hydrogen) atoms. The second-order valence-corrected chi connectivity index (χ2v) is 4.43. The lowest BCUT2D eigenvalue weighted by Gasteiger charge is -2.08. The zero-order chi connectivity index (χ0) is 13.2. The lowest BCUT2D eigenvalue weighted by Crippen LogP contribution is -2.15. The molecule has 0 unspecified atom stereocenters. The number of methoxy groups -OCH3 is 2. The summed E-state index contributed by atoms with van der Waals surface area (Å²) in [6.07, 6.45) is 4.67. The van der Waals surface area contributed by atoms with E-state index in [1.54, 1.807) is 14.2 Å². The Morgan fingerprint density at radius 3 is 2.17 bits per heavy atom. The van der Waals surface area contributed by atoms with Crippen LogP contribution in [0.5, 0.6) is 11.5 Å². The van der Waals surface area contributed by atoms with Crippen LogP contribution in [0.3, 0.4) is 0 Å². The number of rotatable bonds is 9. The maximum atomic E-state index is 5.26. The van der Waals surface area contributed by atoms with Gasteiger partial charge in [-0.3, -0.25) is 0 Å². The predicted octanol–water partition coefficient (Wildman–Crippen LogP) is 3.03. The SMILES string of the molecule is CCCNCCCCc1cc(OC)cc(OC)c1. The molecule has 0 aliphatic carbocycles. The van der Waals surface area contributed by atoms with Crippen molar-refractivity contribution in [3.05, 3.63) is 23.8 Å². The lowest BCUT2D eigenvalue weighted by molar-refractivity contribution is 0.393. The molecule has 1 aromatic rings. The molecule has 0 aliphatic rings. The maximum Gasteiger partial charge on any atom is 0.122 e. The Hall–Kier alpha value is -1.22. The molecule has 0 aromatic heterocycles. The van der Waals surface area contributed by atoms with Crippen LogP contribution in [0.1, 0.15) is 31.7 Å². The van der Waals surface area contributed by atoms with Gasteiger partial charge in [-0.15, -0.1) is 0 Å². The normalized spacial score (nSPS) is 10.4. The molecule has 0 amide bonds. The smallest absolute Gasteiger partial charge is 0.122 e. The highest BCUT2D eigenvalue weighted by Crippen LogP contribution is 2.23. The number of benzene rings is 1. The van der Waals surface area contributed by atoms with Gasteiger partial charge in [0, 0.05) is 6.07 Å². The van der Waals surface area contributed by atoms with Crippen molar-refractivity contribution in [3.63, 3.8) is 0 Å². The van der Waals surface area contributed by atoms with Crippen molar-refractivity contribution in [1.29, 1.82) is 0 Å². The Morgan fingerprint density at radius 2 is 1.61 bits per heavy atom. The predicted molar refractivity (Wildman–Crippen MR) is 75.6 cm³/mol. The second kappa shape index (κ2) is 8.81. The molecule has 3 nitrogen and oxygen atoms in total. The summed E-state index contributed by atoms with van der Waals surface area (Å²) < 4.78 is 10.5. The Kier molecular flexibility index (Phi) is 7.26. The van der Waals surface area contributed by atoms with Crippen LogP contribution in [0.25, 0.3) is 0 Å². The van der Waals surface area contributed by atoms with Crippen molar-refractivity contribution < 1.29 is 9.47 Å². The first-order valence-corrected chi connectivity index (χ1v) is 6.72. The Morgan fingerprint density at radius 1 is 0.944 bits per heavy atom. The van der Waals surface area contributed by atoms with Crippen molar-refractivity contribution in [3.8, 4) is 11.5 Å². The first-order valence-electron chi connectivity index (χ1n) is 6.72. The fourth-order valence-electron chi connectivity index (χ4n) is 1.89. The van der Waals surface area contributed by atoms with Crippen molar-refractivity contribution in [2.24, 2.45) is 0 Å². The second-order valence-electron chi connectivity index (χ2n) is 4.43. The highest BCUT2D eigenvalue weighted by molar-refractivity contribution is 5.38. The van der Waals surface area contributed by atoms with Crippen molar-refractivity contribution in [2.75, 3.05) is 27.3 Å². The van der Waals surface area contributed by atoms with Crippen LogP contribution in [0.4, 0.5) is 0 Å². The van der Waals surface area contributed by atoms with Gasteiger partial charge in [-0.25, -0.2) is 0 Å². The quantitative estimate of drug-likeness (QED) is 0.684. The third kappa shape index (κ3) is 5.41. The van der Waals surface area contributed by atoms with E-state index in [2.05, 4.69) is 24.4 Å². The minimum atomic E-state index is 0.869. The molecule has 0 saturated carbocycles. The molecule has 0 radical (unpaired) electrons. The van der Waals surface area contributed by atoms with Gasteiger partial charge in [-0.2, -0.15) is 0 Å². The summed E-state index contributed by atoms with van der Waals surface area (Å²) >= 11 is 0. The molecule has 0 bridgehead atoms. The van der Waals surface area contributed by atoms with E-state index in [9.17, 15) is 0 Å². The average molecular weight is 251 g/mol. The van der Waals surface area contributed by atoms with Gasteiger partial charge >= 0.3 is 0 Å². The van der Waals surface area contributed by atoms with Gasteiger partial charge in [0.15, 0.2) is 0 Å². The molecule has 1 N–H and O–H groups in total. The van der Waals surface area contributed by atoms with E-state index in [0.717, 1.165) is 31.0 Å². The molecule has 102 valence electrons. The summed E-state index contributed by atoms with van der Waals surface area (Å²) in [4.78, 5) is 0. The molecule has 1 rings (SSSR count). The summed E-state index contributed by atoms with van der Waals surface area (Å²) in [6.45, 7) is 4.41. The lowest BCUT2D eigenvalue weighted by atomic mass is 10.1. The van der Waals surface area contributed by atoms with Gasteiger partial charge in [-0.1, -0.05) is 6.92 Å². The maximum absolute atomic E-state index is 5.26. The number of unbranched alkanes of at least 4 members (excludes halogenated alkanes) is 1. The minimum absolute atomic E-state index is 0.869. The van der Waals surface area contributed by atoms with E-state index < -0.39 is 0 Å². The monoisotopic (exact) mass is 251 g/mol. The van der Waals surface area contributed by atoms with Gasteiger partial charge in [0.2, 0.25) is 0 Å². The fourth-order valence-corrected chi connectivity index (χ4v) is 1.89. The fraction of sp³-hybridized carbons (Fsp3) is 0.600. The van der Waals surface area contributed by atoms with E-state index >= 15 is 0 Å². The van der Waals surface area contributed by atoms with Gasteiger partial charge < -0.3 is 14.8 Å². The number of ether oxygens (including phenoxy) is 2. The number of hydrogen-bond acceptors (Lipinski definition) is 3. The Labute approximate surface area is 110 Å². The van der Waals surface area contributed by atoms with Crippen molar-refractivity contribution >= 4 is 0 Å². The summed E-state index contributed by atoms with van der Waals surface area (Å²) in [7, 11) is 3.38. The van der Waals surface area contributed by atoms with Crippen LogP contribution in [0.15, 0.2) is 18.2 Å². The van der Waals surface area contributed by atoms with E-state index in [0.29, 0.717) is 0 Å². The van der Waals surface area contributed by atoms with Crippen LogP contribution in [-0.2, 0) is 6.42 Å². The number of hydrogen-bond donors (Lipinski definition) is 1. The van der Waals surface area contributed by atoms with E-state index in [1.807, 2.05) is 6.07 Å². The number of nitrogens with one attached hydrogen (secondary N) is 1. The van der Waals surface area contributed by atoms with Crippen LogP contribution in [0, 0.1) is 0 Å². The highest BCUT2D eigenvalue weighted by atomic mass is 16.5.